The summed E-state index contributed by atoms with van der Waals surface area (Å²) < 4.78 is 16.0. The molecule has 2 rings (SSSR count). The van der Waals surface area contributed by atoms with Crippen molar-refractivity contribution in [1.29, 1.82) is 0 Å². The number of nitrogens with zero attached hydrogens (tertiary/aromatic N) is 3. The summed E-state index contributed by atoms with van der Waals surface area (Å²) in [5, 5.41) is 7.15. The number of ether oxygens (including phenoxy) is 3. The van der Waals surface area contributed by atoms with Gasteiger partial charge < -0.3 is 19.5 Å². The lowest BCUT2D eigenvalue weighted by molar-refractivity contribution is -0.142. The second-order valence-electron chi connectivity index (χ2n) is 4.62. The van der Waals surface area contributed by atoms with Gasteiger partial charge in [-0.25, -0.2) is 9.48 Å². The Bertz CT molecular complexity index is 686. The largest absolute Gasteiger partial charge is 0.463 e. The van der Waals surface area contributed by atoms with E-state index in [0.29, 0.717) is 0 Å². The van der Waals surface area contributed by atoms with Crippen LogP contribution >= 0.6 is 0 Å². The summed E-state index contributed by atoms with van der Waals surface area (Å²) in [6, 6.07) is 9.29. The SMILES string of the molecule is COC(=O)c1nc(Nc2ccccc2)nn1COCCOC(C)=O. The van der Waals surface area contributed by atoms with Gasteiger partial charge in [0.25, 0.3) is 0 Å². The molecular weight excluding hydrogens is 316 g/mol. The van der Waals surface area contributed by atoms with Crippen LogP contribution in [0.2, 0.25) is 0 Å². The van der Waals surface area contributed by atoms with Crippen LogP contribution in [0.1, 0.15) is 17.5 Å². The number of hydrogen-bond donors (Lipinski definition) is 1. The van der Waals surface area contributed by atoms with Gasteiger partial charge in [0.2, 0.25) is 11.8 Å². The van der Waals surface area contributed by atoms with Gasteiger partial charge in [-0.1, -0.05) is 18.2 Å². The van der Waals surface area contributed by atoms with E-state index < -0.39 is 5.97 Å². The zero-order valence-corrected chi connectivity index (χ0v) is 13.4. The van der Waals surface area contributed by atoms with Crippen molar-refractivity contribution in [1.82, 2.24) is 14.8 Å². The molecule has 0 fully saturated rings. The first kappa shape index (κ1) is 17.4. The molecule has 0 atom stereocenters. The monoisotopic (exact) mass is 334 g/mol. The Hall–Kier alpha value is -2.94. The second kappa shape index (κ2) is 8.63. The zero-order chi connectivity index (χ0) is 17.4. The number of rotatable bonds is 8. The number of aromatic nitrogens is 3. The van der Waals surface area contributed by atoms with Crippen LogP contribution in [0.15, 0.2) is 30.3 Å². The quantitative estimate of drug-likeness (QED) is 0.570. The highest BCUT2D eigenvalue weighted by molar-refractivity contribution is 5.85. The minimum atomic E-state index is -0.632. The Morgan fingerprint density at radius 1 is 1.21 bits per heavy atom. The number of benzene rings is 1. The average molecular weight is 334 g/mol. The normalized spacial score (nSPS) is 10.2. The lowest BCUT2D eigenvalue weighted by atomic mass is 10.3. The second-order valence-corrected chi connectivity index (χ2v) is 4.62. The highest BCUT2D eigenvalue weighted by Crippen LogP contribution is 2.13. The molecule has 0 spiro atoms. The van der Waals surface area contributed by atoms with Crippen molar-refractivity contribution in [3.8, 4) is 0 Å². The van der Waals surface area contributed by atoms with Crippen LogP contribution in [0.4, 0.5) is 11.6 Å². The molecule has 0 saturated carbocycles. The fourth-order valence-electron chi connectivity index (χ4n) is 1.77. The molecule has 24 heavy (non-hydrogen) atoms. The van der Waals surface area contributed by atoms with Crippen LogP contribution in [0.25, 0.3) is 0 Å². The van der Waals surface area contributed by atoms with Crippen LogP contribution < -0.4 is 5.32 Å². The summed E-state index contributed by atoms with van der Waals surface area (Å²) in [6.07, 6.45) is 0. The third-order valence-electron chi connectivity index (χ3n) is 2.82. The molecule has 1 aromatic carbocycles. The molecule has 1 heterocycles. The number of anilines is 2. The van der Waals surface area contributed by atoms with Crippen LogP contribution in [-0.2, 0) is 25.7 Å². The van der Waals surface area contributed by atoms with E-state index in [1.165, 1.54) is 18.7 Å². The Kier molecular flexibility index (Phi) is 6.26. The van der Waals surface area contributed by atoms with Gasteiger partial charge in [-0.15, -0.1) is 5.10 Å². The molecule has 1 aromatic heterocycles. The number of nitrogens with one attached hydrogen (secondary N) is 1. The smallest absolute Gasteiger partial charge is 0.375 e. The predicted molar refractivity (Wildman–Crippen MR) is 83.7 cm³/mol. The van der Waals surface area contributed by atoms with Crippen molar-refractivity contribution in [2.75, 3.05) is 25.6 Å². The van der Waals surface area contributed by atoms with E-state index in [9.17, 15) is 9.59 Å². The van der Waals surface area contributed by atoms with Gasteiger partial charge in [0, 0.05) is 12.6 Å². The fourth-order valence-corrected chi connectivity index (χ4v) is 1.77. The Morgan fingerprint density at radius 3 is 2.62 bits per heavy atom. The molecule has 0 saturated heterocycles. The molecule has 0 amide bonds. The number of carbonyl (C=O) groups is 2. The number of para-hydroxylation sites is 1. The molecule has 2 aromatic rings. The van der Waals surface area contributed by atoms with Crippen molar-refractivity contribution in [3.05, 3.63) is 36.2 Å². The van der Waals surface area contributed by atoms with Gasteiger partial charge in [-0.2, -0.15) is 4.98 Å². The summed E-state index contributed by atoms with van der Waals surface area (Å²) >= 11 is 0. The molecule has 0 unspecified atom stereocenters. The standard InChI is InChI=1S/C15H18N4O5/c1-11(20)24-9-8-23-10-19-13(14(21)22-2)17-15(18-19)16-12-6-4-3-5-7-12/h3-7H,8-10H2,1-2H3,(H,16,18). The number of methoxy groups -OCH3 is 1. The maximum atomic E-state index is 11.8. The van der Waals surface area contributed by atoms with E-state index in [1.54, 1.807) is 0 Å². The summed E-state index contributed by atoms with van der Waals surface area (Å²) in [5.41, 5.74) is 0.779. The fraction of sp³-hybridized carbons (Fsp3) is 0.333. The van der Waals surface area contributed by atoms with E-state index in [4.69, 9.17) is 9.47 Å². The number of carbonyl (C=O) groups excluding carboxylic acids is 2. The molecule has 9 heteroatoms. The Morgan fingerprint density at radius 2 is 1.96 bits per heavy atom. The summed E-state index contributed by atoms with van der Waals surface area (Å²) in [4.78, 5) is 26.5. The van der Waals surface area contributed by atoms with Crippen molar-refractivity contribution < 1.29 is 23.8 Å². The first-order valence-electron chi connectivity index (χ1n) is 7.16. The Labute approximate surface area is 138 Å². The minimum Gasteiger partial charge on any atom is -0.463 e. The van der Waals surface area contributed by atoms with Crippen molar-refractivity contribution in [3.63, 3.8) is 0 Å². The van der Waals surface area contributed by atoms with Crippen LogP contribution in [0, 0.1) is 0 Å². The third-order valence-corrected chi connectivity index (χ3v) is 2.82. The molecule has 9 nitrogen and oxygen atoms in total. The first-order valence-corrected chi connectivity index (χ1v) is 7.16. The zero-order valence-electron chi connectivity index (χ0n) is 13.4. The molecule has 0 aliphatic carbocycles. The lowest BCUT2D eigenvalue weighted by Gasteiger charge is -2.06. The summed E-state index contributed by atoms with van der Waals surface area (Å²) in [5.74, 6) is -0.773. The van der Waals surface area contributed by atoms with Crippen molar-refractivity contribution in [2.24, 2.45) is 0 Å². The number of hydrogen-bond acceptors (Lipinski definition) is 8. The van der Waals surface area contributed by atoms with E-state index in [0.717, 1.165) is 5.69 Å². The van der Waals surface area contributed by atoms with Gasteiger partial charge >= 0.3 is 11.9 Å². The lowest BCUT2D eigenvalue weighted by Crippen LogP contribution is -2.16. The topological polar surface area (TPSA) is 105 Å². The molecule has 0 aliphatic rings. The Balaban J connectivity index is 2.02. The third kappa shape index (κ3) is 5.06. The van der Waals surface area contributed by atoms with Crippen molar-refractivity contribution in [2.45, 2.75) is 13.7 Å². The summed E-state index contributed by atoms with van der Waals surface area (Å²) in [6.45, 7) is 1.57. The van der Waals surface area contributed by atoms with Crippen LogP contribution in [-0.4, -0.2) is 47.0 Å². The first-order chi connectivity index (χ1) is 11.6. The number of esters is 2. The predicted octanol–water partition coefficient (Wildman–Crippen LogP) is 1.35. The average Bonchev–Trinajstić information content (AvgIpc) is 2.97. The van der Waals surface area contributed by atoms with Crippen LogP contribution in [0.5, 0.6) is 0 Å². The minimum absolute atomic E-state index is 0.00316. The summed E-state index contributed by atoms with van der Waals surface area (Å²) in [7, 11) is 1.26. The highest BCUT2D eigenvalue weighted by Gasteiger charge is 2.18. The van der Waals surface area contributed by atoms with E-state index >= 15 is 0 Å². The maximum Gasteiger partial charge on any atom is 0.375 e. The van der Waals surface area contributed by atoms with E-state index in [-0.39, 0.29) is 37.7 Å². The van der Waals surface area contributed by atoms with Crippen LogP contribution in [0.3, 0.4) is 0 Å². The van der Waals surface area contributed by atoms with Gasteiger partial charge in [0.15, 0.2) is 0 Å². The van der Waals surface area contributed by atoms with E-state index in [1.807, 2.05) is 30.3 Å². The molecule has 0 aliphatic heterocycles. The highest BCUT2D eigenvalue weighted by atomic mass is 16.6. The van der Waals surface area contributed by atoms with Gasteiger partial charge in [0.1, 0.15) is 13.3 Å². The molecule has 128 valence electrons. The van der Waals surface area contributed by atoms with E-state index in [2.05, 4.69) is 20.1 Å². The maximum absolute atomic E-state index is 11.8. The van der Waals surface area contributed by atoms with Gasteiger partial charge in [-0.3, -0.25) is 4.79 Å². The van der Waals surface area contributed by atoms with Gasteiger partial charge in [-0.05, 0) is 12.1 Å². The molecule has 1 N–H and O–H groups in total. The molecule has 0 radical (unpaired) electrons. The molecule has 0 bridgehead atoms. The molecular formula is C15H18N4O5. The van der Waals surface area contributed by atoms with Gasteiger partial charge in [0.05, 0.1) is 13.7 Å². The van der Waals surface area contributed by atoms with Crippen molar-refractivity contribution >= 4 is 23.6 Å².